The molecule has 1 aromatic heterocycles. The van der Waals surface area contributed by atoms with Crippen molar-refractivity contribution in [2.24, 2.45) is 5.92 Å². The highest BCUT2D eigenvalue weighted by atomic mass is 32.1. The summed E-state index contributed by atoms with van der Waals surface area (Å²) in [4.78, 5) is 24.2. The first-order chi connectivity index (χ1) is 9.60. The molecule has 20 heavy (non-hydrogen) atoms. The van der Waals surface area contributed by atoms with Crippen LogP contribution >= 0.6 is 11.3 Å². The van der Waals surface area contributed by atoms with E-state index in [1.165, 1.54) is 11.3 Å². The number of hydrogen-bond donors (Lipinski definition) is 1. The van der Waals surface area contributed by atoms with Crippen molar-refractivity contribution in [3.8, 4) is 0 Å². The van der Waals surface area contributed by atoms with Gasteiger partial charge in [-0.05, 0) is 44.2 Å². The molecule has 2 rings (SSSR count). The average Bonchev–Trinajstić information content (AvgIpc) is 2.99. The van der Waals surface area contributed by atoms with Gasteiger partial charge in [0.05, 0.1) is 11.6 Å². The molecule has 0 saturated heterocycles. The number of allylic oxidation sites excluding steroid dienone is 2. The van der Waals surface area contributed by atoms with Crippen molar-refractivity contribution in [2.75, 3.05) is 11.9 Å². The summed E-state index contributed by atoms with van der Waals surface area (Å²) in [5.74, 6) is 0.0213. The molecule has 0 spiro atoms. The van der Waals surface area contributed by atoms with Crippen LogP contribution in [0.2, 0.25) is 0 Å². The van der Waals surface area contributed by atoms with Crippen molar-refractivity contribution >= 4 is 28.2 Å². The Morgan fingerprint density at radius 3 is 2.95 bits per heavy atom. The van der Waals surface area contributed by atoms with E-state index >= 15 is 0 Å². The van der Waals surface area contributed by atoms with Gasteiger partial charge in [-0.3, -0.25) is 4.79 Å². The minimum atomic E-state index is -0.325. The van der Waals surface area contributed by atoms with Gasteiger partial charge < -0.3 is 10.1 Å². The molecule has 1 aromatic rings. The minimum Gasteiger partial charge on any atom is -0.462 e. The van der Waals surface area contributed by atoms with Crippen molar-refractivity contribution in [1.29, 1.82) is 0 Å². The number of hydrogen-bond acceptors (Lipinski definition) is 4. The normalized spacial score (nSPS) is 17.2. The lowest BCUT2D eigenvalue weighted by Crippen LogP contribution is -2.13. The van der Waals surface area contributed by atoms with Crippen molar-refractivity contribution in [3.63, 3.8) is 0 Å². The lowest BCUT2D eigenvalue weighted by Gasteiger charge is -2.06. The van der Waals surface area contributed by atoms with Gasteiger partial charge in [0, 0.05) is 6.42 Å². The molecular weight excluding hydrogens is 274 g/mol. The van der Waals surface area contributed by atoms with E-state index in [2.05, 4.69) is 17.5 Å². The Hall–Kier alpha value is -1.62. The Bertz CT molecular complexity index is 533. The zero-order valence-corrected chi connectivity index (χ0v) is 12.6. The average molecular weight is 293 g/mol. The Kier molecular flexibility index (Phi) is 4.95. The molecule has 5 heteroatoms. The van der Waals surface area contributed by atoms with E-state index in [1.807, 2.05) is 13.0 Å². The topological polar surface area (TPSA) is 55.4 Å². The van der Waals surface area contributed by atoms with Crippen LogP contribution < -0.4 is 5.32 Å². The van der Waals surface area contributed by atoms with Crippen LogP contribution in [-0.2, 0) is 9.53 Å². The molecule has 0 fully saturated rings. The molecule has 0 saturated carbocycles. The monoisotopic (exact) mass is 293 g/mol. The van der Waals surface area contributed by atoms with E-state index in [-0.39, 0.29) is 11.9 Å². The highest BCUT2D eigenvalue weighted by Crippen LogP contribution is 2.28. The van der Waals surface area contributed by atoms with E-state index in [0.717, 1.165) is 18.4 Å². The van der Waals surface area contributed by atoms with E-state index in [4.69, 9.17) is 4.74 Å². The molecular formula is C15H19NO3S. The summed E-state index contributed by atoms with van der Waals surface area (Å²) in [5, 5.41) is 3.57. The van der Waals surface area contributed by atoms with Crippen LogP contribution in [0.25, 0.3) is 0 Å². The van der Waals surface area contributed by atoms with Crippen LogP contribution in [-0.4, -0.2) is 18.5 Å². The Balaban J connectivity index is 1.95. The first-order valence-corrected chi connectivity index (χ1v) is 7.66. The van der Waals surface area contributed by atoms with Crippen molar-refractivity contribution in [2.45, 2.75) is 33.1 Å². The second kappa shape index (κ2) is 6.70. The minimum absolute atomic E-state index is 0.00166. The first kappa shape index (κ1) is 14.8. The molecule has 0 aromatic carbocycles. The van der Waals surface area contributed by atoms with E-state index < -0.39 is 0 Å². The summed E-state index contributed by atoms with van der Waals surface area (Å²) in [5.41, 5.74) is 0.838. The van der Waals surface area contributed by atoms with Crippen molar-refractivity contribution in [1.82, 2.24) is 0 Å². The Morgan fingerprint density at radius 2 is 2.30 bits per heavy atom. The highest BCUT2D eigenvalue weighted by molar-refractivity contribution is 7.18. The molecule has 1 heterocycles. The maximum Gasteiger partial charge on any atom is 0.348 e. The lowest BCUT2D eigenvalue weighted by molar-refractivity contribution is -0.116. The summed E-state index contributed by atoms with van der Waals surface area (Å²) in [6, 6.07) is 1.82. The highest BCUT2D eigenvalue weighted by Gasteiger charge is 2.18. The zero-order chi connectivity index (χ0) is 14.5. The molecule has 1 N–H and O–H groups in total. The molecule has 1 atom stereocenters. The summed E-state index contributed by atoms with van der Waals surface area (Å²) in [6.07, 6.45) is 6.83. The van der Waals surface area contributed by atoms with Crippen molar-refractivity contribution in [3.05, 3.63) is 28.7 Å². The van der Waals surface area contributed by atoms with Gasteiger partial charge in [-0.1, -0.05) is 12.2 Å². The number of esters is 1. The number of carbonyl (C=O) groups is 2. The summed E-state index contributed by atoms with van der Waals surface area (Å²) >= 11 is 1.27. The van der Waals surface area contributed by atoms with Gasteiger partial charge in [0.1, 0.15) is 4.88 Å². The second-order valence-electron chi connectivity index (χ2n) is 4.86. The molecule has 108 valence electrons. The summed E-state index contributed by atoms with van der Waals surface area (Å²) in [6.45, 7) is 3.97. The van der Waals surface area contributed by atoms with Gasteiger partial charge >= 0.3 is 5.97 Å². The van der Waals surface area contributed by atoms with E-state index in [9.17, 15) is 9.59 Å². The second-order valence-corrected chi connectivity index (χ2v) is 5.91. The quantitative estimate of drug-likeness (QED) is 0.667. The number of carbonyl (C=O) groups excluding carboxylic acids is 2. The largest absolute Gasteiger partial charge is 0.462 e. The first-order valence-electron chi connectivity index (χ1n) is 6.84. The van der Waals surface area contributed by atoms with Gasteiger partial charge in [0.2, 0.25) is 5.91 Å². The smallest absolute Gasteiger partial charge is 0.348 e. The zero-order valence-electron chi connectivity index (χ0n) is 11.8. The molecule has 1 amide bonds. The molecule has 4 nitrogen and oxygen atoms in total. The molecule has 0 bridgehead atoms. The standard InChI is InChI=1S/C15H19NO3S/c1-3-19-15(18)14-10(2)8-13(20-14)16-12(17)9-11-6-4-5-7-11/h4,6,8,11H,3,5,7,9H2,1-2H3,(H,16,17). The molecule has 1 aliphatic carbocycles. The molecule has 0 aliphatic heterocycles. The molecule has 1 aliphatic rings. The number of aryl methyl sites for hydroxylation is 1. The van der Waals surface area contributed by atoms with Crippen LogP contribution in [0, 0.1) is 12.8 Å². The fourth-order valence-electron chi connectivity index (χ4n) is 2.23. The third kappa shape index (κ3) is 3.70. The number of nitrogens with one attached hydrogen (secondary N) is 1. The molecule has 1 unspecified atom stereocenters. The number of amides is 1. The van der Waals surface area contributed by atoms with Crippen LogP contribution in [0.3, 0.4) is 0 Å². The fourth-order valence-corrected chi connectivity index (χ4v) is 3.22. The maximum atomic E-state index is 11.9. The van der Waals surface area contributed by atoms with Gasteiger partial charge in [0.15, 0.2) is 0 Å². The van der Waals surface area contributed by atoms with Gasteiger partial charge in [-0.25, -0.2) is 4.79 Å². The van der Waals surface area contributed by atoms with Crippen LogP contribution in [0.5, 0.6) is 0 Å². The third-order valence-electron chi connectivity index (χ3n) is 3.20. The Morgan fingerprint density at radius 1 is 1.50 bits per heavy atom. The van der Waals surface area contributed by atoms with Gasteiger partial charge in [-0.2, -0.15) is 0 Å². The third-order valence-corrected chi connectivity index (χ3v) is 4.33. The maximum absolute atomic E-state index is 11.9. The van der Waals surface area contributed by atoms with E-state index in [0.29, 0.717) is 28.8 Å². The molecule has 0 radical (unpaired) electrons. The van der Waals surface area contributed by atoms with Crippen molar-refractivity contribution < 1.29 is 14.3 Å². The number of ether oxygens (including phenoxy) is 1. The summed E-state index contributed by atoms with van der Waals surface area (Å²) < 4.78 is 4.98. The van der Waals surface area contributed by atoms with Gasteiger partial charge in [-0.15, -0.1) is 11.3 Å². The SMILES string of the molecule is CCOC(=O)c1sc(NC(=O)CC2C=CCC2)cc1C. The van der Waals surface area contributed by atoms with Crippen LogP contribution in [0.1, 0.15) is 41.4 Å². The Labute approximate surface area is 122 Å². The van der Waals surface area contributed by atoms with E-state index in [1.54, 1.807) is 6.92 Å². The predicted molar refractivity (Wildman–Crippen MR) is 80.1 cm³/mol. The lowest BCUT2D eigenvalue weighted by atomic mass is 10.1. The number of anilines is 1. The van der Waals surface area contributed by atoms with Crippen LogP contribution in [0.4, 0.5) is 5.00 Å². The predicted octanol–water partition coefficient (Wildman–Crippen LogP) is 3.53. The van der Waals surface area contributed by atoms with Crippen LogP contribution in [0.15, 0.2) is 18.2 Å². The number of rotatable bonds is 5. The number of thiophene rings is 1. The summed E-state index contributed by atoms with van der Waals surface area (Å²) in [7, 11) is 0. The fraction of sp³-hybridized carbons (Fsp3) is 0.467. The van der Waals surface area contributed by atoms with Gasteiger partial charge in [0.25, 0.3) is 0 Å².